The maximum absolute atomic E-state index is 3.58. The third-order valence-electron chi connectivity index (χ3n) is 2.63. The first kappa shape index (κ1) is 8.27. The molecule has 0 bridgehead atoms. The Bertz CT molecular complexity index is 234. The first-order valence-corrected chi connectivity index (χ1v) is 5.49. The minimum absolute atomic E-state index is 0.376. The van der Waals surface area contributed by atoms with Crippen molar-refractivity contribution in [1.82, 2.24) is 5.32 Å². The van der Waals surface area contributed by atoms with Crippen molar-refractivity contribution >= 4 is 11.3 Å². The zero-order valence-corrected chi connectivity index (χ0v) is 8.29. The van der Waals surface area contributed by atoms with Gasteiger partial charge in [0.25, 0.3) is 0 Å². The van der Waals surface area contributed by atoms with E-state index in [9.17, 15) is 0 Å². The van der Waals surface area contributed by atoms with Crippen molar-refractivity contribution in [2.45, 2.75) is 31.7 Å². The quantitative estimate of drug-likeness (QED) is 0.739. The molecule has 1 nitrogen and oxygen atoms in total. The van der Waals surface area contributed by atoms with Gasteiger partial charge in [-0.2, -0.15) is 11.3 Å². The molecule has 0 aliphatic carbocycles. The summed E-state index contributed by atoms with van der Waals surface area (Å²) in [5, 5.41) is 7.99. The number of hydrogen-bond donors (Lipinski definition) is 1. The van der Waals surface area contributed by atoms with Crippen molar-refractivity contribution in [3.63, 3.8) is 0 Å². The lowest BCUT2D eigenvalue weighted by Gasteiger charge is -2.23. The molecular weight excluding hydrogens is 166 g/mol. The Morgan fingerprint density at radius 3 is 3.17 bits per heavy atom. The van der Waals surface area contributed by atoms with E-state index in [0.29, 0.717) is 5.54 Å². The zero-order valence-electron chi connectivity index (χ0n) is 7.47. The van der Waals surface area contributed by atoms with Crippen LogP contribution in [-0.4, -0.2) is 12.1 Å². The molecule has 0 aromatic carbocycles. The van der Waals surface area contributed by atoms with E-state index in [-0.39, 0.29) is 0 Å². The van der Waals surface area contributed by atoms with Gasteiger partial charge in [0.1, 0.15) is 0 Å². The van der Waals surface area contributed by atoms with Crippen LogP contribution in [-0.2, 0) is 6.42 Å². The highest BCUT2D eigenvalue weighted by atomic mass is 32.1. The molecule has 1 atom stereocenters. The van der Waals surface area contributed by atoms with Gasteiger partial charge in [0.05, 0.1) is 0 Å². The van der Waals surface area contributed by atoms with Crippen molar-refractivity contribution < 1.29 is 0 Å². The molecule has 1 aliphatic heterocycles. The number of rotatable bonds is 2. The average molecular weight is 181 g/mol. The molecule has 1 fully saturated rings. The summed E-state index contributed by atoms with van der Waals surface area (Å²) in [6.45, 7) is 3.53. The molecule has 2 heterocycles. The van der Waals surface area contributed by atoms with Gasteiger partial charge in [-0.3, -0.25) is 0 Å². The highest BCUT2D eigenvalue weighted by Gasteiger charge is 2.27. The van der Waals surface area contributed by atoms with Crippen molar-refractivity contribution in [1.29, 1.82) is 0 Å². The Kier molecular flexibility index (Phi) is 2.20. The van der Waals surface area contributed by atoms with Crippen LogP contribution in [0.2, 0.25) is 0 Å². The molecule has 12 heavy (non-hydrogen) atoms. The molecule has 0 amide bonds. The number of nitrogens with one attached hydrogen (secondary N) is 1. The van der Waals surface area contributed by atoms with Crippen LogP contribution in [0.1, 0.15) is 25.3 Å². The van der Waals surface area contributed by atoms with E-state index < -0.39 is 0 Å². The maximum Gasteiger partial charge on any atom is 0.0194 e. The smallest absolute Gasteiger partial charge is 0.0194 e. The van der Waals surface area contributed by atoms with Gasteiger partial charge < -0.3 is 5.32 Å². The lowest BCUT2D eigenvalue weighted by atomic mass is 9.93. The lowest BCUT2D eigenvalue weighted by Crippen LogP contribution is -2.38. The van der Waals surface area contributed by atoms with Crippen LogP contribution in [0, 0.1) is 0 Å². The summed E-state index contributed by atoms with van der Waals surface area (Å²) in [7, 11) is 0. The summed E-state index contributed by atoms with van der Waals surface area (Å²) in [4.78, 5) is 0. The van der Waals surface area contributed by atoms with Crippen LogP contribution < -0.4 is 5.32 Å². The molecule has 0 radical (unpaired) electrons. The summed E-state index contributed by atoms with van der Waals surface area (Å²) in [6, 6.07) is 2.23. The predicted molar refractivity (Wildman–Crippen MR) is 53.7 cm³/mol. The van der Waals surface area contributed by atoms with E-state index >= 15 is 0 Å². The zero-order chi connectivity index (χ0) is 8.44. The first-order valence-electron chi connectivity index (χ1n) is 4.55. The highest BCUT2D eigenvalue weighted by molar-refractivity contribution is 7.07. The number of hydrogen-bond acceptors (Lipinski definition) is 2. The first-order chi connectivity index (χ1) is 5.79. The van der Waals surface area contributed by atoms with Gasteiger partial charge in [0, 0.05) is 5.54 Å². The fourth-order valence-electron chi connectivity index (χ4n) is 1.95. The molecule has 1 unspecified atom stereocenters. The Morgan fingerprint density at radius 2 is 2.58 bits per heavy atom. The fraction of sp³-hybridized carbons (Fsp3) is 0.600. The molecule has 2 heteroatoms. The largest absolute Gasteiger partial charge is 0.311 e. The van der Waals surface area contributed by atoms with E-state index in [1.165, 1.54) is 31.4 Å². The summed E-state index contributed by atoms with van der Waals surface area (Å²) >= 11 is 1.79. The second-order valence-electron chi connectivity index (χ2n) is 3.90. The van der Waals surface area contributed by atoms with E-state index in [0.717, 1.165) is 0 Å². The number of thiophene rings is 1. The Labute approximate surface area is 77.8 Å². The van der Waals surface area contributed by atoms with Gasteiger partial charge in [-0.1, -0.05) is 0 Å². The van der Waals surface area contributed by atoms with Gasteiger partial charge in [-0.05, 0) is 55.1 Å². The van der Waals surface area contributed by atoms with Crippen LogP contribution in [0.5, 0.6) is 0 Å². The van der Waals surface area contributed by atoms with Crippen molar-refractivity contribution in [3.8, 4) is 0 Å². The van der Waals surface area contributed by atoms with Gasteiger partial charge in [0.15, 0.2) is 0 Å². The lowest BCUT2D eigenvalue weighted by molar-refractivity contribution is 0.413. The predicted octanol–water partition coefficient (Wildman–Crippen LogP) is 2.43. The van der Waals surface area contributed by atoms with Crippen LogP contribution >= 0.6 is 11.3 Å². The molecular formula is C10H15NS. The Balaban J connectivity index is 2.02. The SMILES string of the molecule is CC1(Cc2ccsc2)CCCN1. The molecule has 1 aromatic heterocycles. The van der Waals surface area contributed by atoms with E-state index in [2.05, 4.69) is 29.1 Å². The van der Waals surface area contributed by atoms with E-state index in [1.54, 1.807) is 11.3 Å². The van der Waals surface area contributed by atoms with Crippen LogP contribution in [0.25, 0.3) is 0 Å². The molecule has 2 rings (SSSR count). The normalized spacial score (nSPS) is 29.4. The van der Waals surface area contributed by atoms with Gasteiger partial charge in [0.2, 0.25) is 0 Å². The summed E-state index contributed by atoms with van der Waals surface area (Å²) in [5.41, 5.74) is 1.86. The van der Waals surface area contributed by atoms with Crippen LogP contribution in [0.15, 0.2) is 16.8 Å². The fourth-order valence-corrected chi connectivity index (χ4v) is 2.62. The van der Waals surface area contributed by atoms with Crippen LogP contribution in [0.4, 0.5) is 0 Å². The second-order valence-corrected chi connectivity index (χ2v) is 4.68. The topological polar surface area (TPSA) is 12.0 Å². The van der Waals surface area contributed by atoms with Gasteiger partial charge in [-0.25, -0.2) is 0 Å². The second kappa shape index (κ2) is 3.19. The molecule has 66 valence electrons. The average Bonchev–Trinajstić information content (AvgIpc) is 2.62. The summed E-state index contributed by atoms with van der Waals surface area (Å²) in [5.74, 6) is 0. The standard InChI is InChI=1S/C10H15NS/c1-10(4-2-5-11-10)7-9-3-6-12-8-9/h3,6,8,11H,2,4-5,7H2,1H3. The van der Waals surface area contributed by atoms with E-state index in [1.807, 2.05) is 0 Å². The highest BCUT2D eigenvalue weighted by Crippen LogP contribution is 2.24. The monoisotopic (exact) mass is 181 g/mol. The van der Waals surface area contributed by atoms with Crippen LogP contribution in [0.3, 0.4) is 0 Å². The van der Waals surface area contributed by atoms with Crippen molar-refractivity contribution in [2.24, 2.45) is 0 Å². The minimum Gasteiger partial charge on any atom is -0.311 e. The third-order valence-corrected chi connectivity index (χ3v) is 3.36. The third kappa shape index (κ3) is 1.70. The maximum atomic E-state index is 3.58. The molecule has 1 aromatic rings. The molecule has 0 saturated carbocycles. The van der Waals surface area contributed by atoms with Crippen molar-refractivity contribution in [3.05, 3.63) is 22.4 Å². The summed E-state index contributed by atoms with van der Waals surface area (Å²) in [6.07, 6.45) is 3.85. The van der Waals surface area contributed by atoms with Gasteiger partial charge in [-0.15, -0.1) is 0 Å². The Hall–Kier alpha value is -0.340. The minimum atomic E-state index is 0.376. The molecule has 0 spiro atoms. The molecule has 1 N–H and O–H groups in total. The summed E-state index contributed by atoms with van der Waals surface area (Å²) < 4.78 is 0. The van der Waals surface area contributed by atoms with E-state index in [4.69, 9.17) is 0 Å². The molecule has 1 saturated heterocycles. The Morgan fingerprint density at radius 1 is 1.67 bits per heavy atom. The van der Waals surface area contributed by atoms with Crippen molar-refractivity contribution in [2.75, 3.05) is 6.54 Å². The van der Waals surface area contributed by atoms with Gasteiger partial charge >= 0.3 is 0 Å². The molecule has 1 aliphatic rings.